The highest BCUT2D eigenvalue weighted by Crippen LogP contribution is 2.13. The molecule has 0 spiro atoms. The molecule has 0 aliphatic carbocycles. The number of rotatable bonds is 9. The number of nitrogens with zero attached hydrogens (tertiary/aromatic N) is 4. The van der Waals surface area contributed by atoms with Crippen molar-refractivity contribution in [2.45, 2.75) is 20.3 Å². The molecule has 7 nitrogen and oxygen atoms in total. The predicted molar refractivity (Wildman–Crippen MR) is 73.8 cm³/mol. The zero-order valence-electron chi connectivity index (χ0n) is 12.1. The summed E-state index contributed by atoms with van der Waals surface area (Å²) in [4.78, 5) is 14.5. The van der Waals surface area contributed by atoms with E-state index in [1.165, 1.54) is 0 Å². The third-order valence-electron chi connectivity index (χ3n) is 2.13. The van der Waals surface area contributed by atoms with Crippen molar-refractivity contribution in [3.05, 3.63) is 0 Å². The second kappa shape index (κ2) is 8.47. The maximum atomic E-state index is 5.50. The molecule has 0 saturated carbocycles. The van der Waals surface area contributed by atoms with E-state index < -0.39 is 0 Å². The van der Waals surface area contributed by atoms with Crippen molar-refractivity contribution in [1.82, 2.24) is 19.9 Å². The van der Waals surface area contributed by atoms with Crippen molar-refractivity contribution in [1.29, 1.82) is 0 Å². The lowest BCUT2D eigenvalue weighted by molar-refractivity contribution is 0.235. The molecule has 1 aromatic heterocycles. The van der Waals surface area contributed by atoms with Crippen LogP contribution in [0, 0.1) is 0 Å². The molecule has 0 amide bonds. The van der Waals surface area contributed by atoms with Crippen molar-refractivity contribution in [2.75, 3.05) is 45.7 Å². The first kappa shape index (κ1) is 15.4. The Balaban J connectivity index is 2.68. The predicted octanol–water partition coefficient (Wildman–Crippen LogP) is 1.03. The lowest BCUT2D eigenvalue weighted by Gasteiger charge is -2.11. The van der Waals surface area contributed by atoms with Gasteiger partial charge in [-0.2, -0.15) is 9.97 Å². The lowest BCUT2D eigenvalue weighted by atomic mass is 10.5. The van der Waals surface area contributed by atoms with Crippen molar-refractivity contribution in [3.63, 3.8) is 0 Å². The van der Waals surface area contributed by atoms with Crippen LogP contribution >= 0.6 is 0 Å². The third-order valence-corrected chi connectivity index (χ3v) is 2.13. The Bertz CT molecular complexity index is 373. The molecule has 0 radical (unpaired) electrons. The Kier molecular flexibility index (Phi) is 6.88. The Hall–Kier alpha value is -1.63. The molecule has 0 bridgehead atoms. The fourth-order valence-corrected chi connectivity index (χ4v) is 1.22. The Morgan fingerprint density at radius 3 is 2.16 bits per heavy atom. The Morgan fingerprint density at radius 2 is 1.63 bits per heavy atom. The van der Waals surface area contributed by atoms with Gasteiger partial charge in [0.1, 0.15) is 6.61 Å². The van der Waals surface area contributed by atoms with Gasteiger partial charge in [-0.1, -0.05) is 6.92 Å². The minimum absolute atomic E-state index is 0.291. The molecule has 1 N–H and O–H groups in total. The summed E-state index contributed by atoms with van der Waals surface area (Å²) in [5.41, 5.74) is 0. The number of nitrogens with one attached hydrogen (secondary N) is 1. The van der Waals surface area contributed by atoms with Crippen LogP contribution in [-0.2, 0) is 0 Å². The van der Waals surface area contributed by atoms with Crippen LogP contribution in [0.1, 0.15) is 20.3 Å². The molecule has 1 heterocycles. The minimum atomic E-state index is 0.291. The highest BCUT2D eigenvalue weighted by atomic mass is 16.5. The Labute approximate surface area is 114 Å². The molecular weight excluding hydrogens is 246 g/mol. The summed E-state index contributed by atoms with van der Waals surface area (Å²) in [6.45, 7) is 6.63. The number of ether oxygens (including phenoxy) is 2. The van der Waals surface area contributed by atoms with Crippen LogP contribution in [0.4, 0.5) is 5.95 Å². The van der Waals surface area contributed by atoms with E-state index in [-0.39, 0.29) is 0 Å². The average molecular weight is 269 g/mol. The van der Waals surface area contributed by atoms with E-state index in [2.05, 4.69) is 20.3 Å². The quantitative estimate of drug-likeness (QED) is 0.718. The van der Waals surface area contributed by atoms with E-state index in [1.54, 1.807) is 0 Å². The number of hydrogen-bond acceptors (Lipinski definition) is 7. The van der Waals surface area contributed by atoms with Crippen LogP contribution in [0.3, 0.4) is 0 Å². The van der Waals surface area contributed by atoms with Crippen LogP contribution in [0.25, 0.3) is 0 Å². The second-order valence-electron chi connectivity index (χ2n) is 4.25. The highest BCUT2D eigenvalue weighted by Gasteiger charge is 2.08. The zero-order valence-corrected chi connectivity index (χ0v) is 12.1. The van der Waals surface area contributed by atoms with E-state index in [4.69, 9.17) is 9.47 Å². The lowest BCUT2D eigenvalue weighted by Crippen LogP contribution is -2.20. The molecule has 108 valence electrons. The van der Waals surface area contributed by atoms with Gasteiger partial charge in [-0.3, -0.25) is 0 Å². The molecule has 0 fully saturated rings. The van der Waals surface area contributed by atoms with E-state index in [0.29, 0.717) is 31.2 Å². The van der Waals surface area contributed by atoms with E-state index in [0.717, 1.165) is 19.5 Å². The van der Waals surface area contributed by atoms with Crippen LogP contribution < -0.4 is 14.8 Å². The summed E-state index contributed by atoms with van der Waals surface area (Å²) in [5, 5.41) is 3.03. The zero-order chi connectivity index (χ0) is 14.1. The van der Waals surface area contributed by atoms with Crippen LogP contribution in [-0.4, -0.2) is 60.3 Å². The first-order valence-corrected chi connectivity index (χ1v) is 6.56. The van der Waals surface area contributed by atoms with E-state index in [1.807, 2.05) is 32.8 Å². The molecule has 0 unspecified atom stereocenters. The Morgan fingerprint density at radius 1 is 1.00 bits per heavy atom. The topological polar surface area (TPSA) is 72.4 Å². The number of anilines is 1. The molecule has 1 rings (SSSR count). The van der Waals surface area contributed by atoms with Gasteiger partial charge < -0.3 is 19.7 Å². The van der Waals surface area contributed by atoms with Gasteiger partial charge in [0.15, 0.2) is 0 Å². The van der Waals surface area contributed by atoms with Crippen molar-refractivity contribution in [2.24, 2.45) is 0 Å². The molecule has 0 aromatic carbocycles. The molecule has 7 heteroatoms. The summed E-state index contributed by atoms with van der Waals surface area (Å²) in [7, 11) is 3.97. The summed E-state index contributed by atoms with van der Waals surface area (Å²) < 4.78 is 10.9. The van der Waals surface area contributed by atoms with Gasteiger partial charge in [0.25, 0.3) is 0 Å². The van der Waals surface area contributed by atoms with Gasteiger partial charge in [0.05, 0.1) is 6.61 Å². The second-order valence-corrected chi connectivity index (χ2v) is 4.25. The van der Waals surface area contributed by atoms with Crippen molar-refractivity contribution in [3.8, 4) is 12.0 Å². The summed E-state index contributed by atoms with van der Waals surface area (Å²) in [5.74, 6) is 0.475. The van der Waals surface area contributed by atoms with Crippen LogP contribution in [0.2, 0.25) is 0 Å². The largest absolute Gasteiger partial charge is 0.463 e. The third kappa shape index (κ3) is 6.19. The molecule has 0 saturated heterocycles. The smallest absolute Gasteiger partial charge is 0.324 e. The molecule has 0 atom stereocenters. The first-order chi connectivity index (χ1) is 9.15. The molecule has 1 aromatic rings. The number of aromatic nitrogens is 3. The fourth-order valence-electron chi connectivity index (χ4n) is 1.22. The summed E-state index contributed by atoms with van der Waals surface area (Å²) >= 11 is 0. The minimum Gasteiger partial charge on any atom is -0.463 e. The van der Waals surface area contributed by atoms with Crippen molar-refractivity contribution >= 4 is 5.95 Å². The van der Waals surface area contributed by atoms with Gasteiger partial charge in [0, 0.05) is 13.1 Å². The first-order valence-electron chi connectivity index (χ1n) is 6.56. The van der Waals surface area contributed by atoms with Gasteiger partial charge in [-0.15, -0.1) is 4.98 Å². The number of hydrogen-bond donors (Lipinski definition) is 1. The highest BCUT2D eigenvalue weighted by molar-refractivity contribution is 5.27. The standard InChI is InChI=1S/C12H23N5O2/c1-5-8-18-11-14-10(13-6-2)15-12(16-11)19-9-7-17(3)4/h5-9H2,1-4H3,(H,13,14,15,16). The molecule has 0 aliphatic rings. The maximum Gasteiger partial charge on any atom is 0.324 e. The van der Waals surface area contributed by atoms with Gasteiger partial charge in [-0.05, 0) is 27.4 Å². The van der Waals surface area contributed by atoms with E-state index >= 15 is 0 Å². The number of likely N-dealkylation sites (N-methyl/N-ethyl adjacent to an activating group) is 1. The van der Waals surface area contributed by atoms with Gasteiger partial charge in [-0.25, -0.2) is 0 Å². The van der Waals surface area contributed by atoms with Crippen LogP contribution in [0.15, 0.2) is 0 Å². The van der Waals surface area contributed by atoms with Crippen LogP contribution in [0.5, 0.6) is 12.0 Å². The normalized spacial score (nSPS) is 10.6. The van der Waals surface area contributed by atoms with E-state index in [9.17, 15) is 0 Å². The van der Waals surface area contributed by atoms with Crippen molar-refractivity contribution < 1.29 is 9.47 Å². The maximum absolute atomic E-state index is 5.50. The molecule has 0 aliphatic heterocycles. The monoisotopic (exact) mass is 269 g/mol. The summed E-state index contributed by atoms with van der Waals surface area (Å²) in [6, 6.07) is 0.589. The molecule has 19 heavy (non-hydrogen) atoms. The van der Waals surface area contributed by atoms with Gasteiger partial charge in [0.2, 0.25) is 5.95 Å². The fraction of sp³-hybridized carbons (Fsp3) is 0.750. The molecular formula is C12H23N5O2. The summed E-state index contributed by atoms with van der Waals surface area (Å²) in [6.07, 6.45) is 0.902. The average Bonchev–Trinajstić information content (AvgIpc) is 2.36. The SMILES string of the molecule is CCCOc1nc(NCC)nc(OCCN(C)C)n1. The van der Waals surface area contributed by atoms with Gasteiger partial charge >= 0.3 is 12.0 Å².